The average molecular weight is 211 g/mol. The minimum Gasteiger partial charge on any atom is -0.385 e. The summed E-state index contributed by atoms with van der Waals surface area (Å²) in [7, 11) is 1.79. The number of hydrogen-bond acceptors (Lipinski definition) is 2. The van der Waals surface area contributed by atoms with Crippen molar-refractivity contribution in [1.82, 2.24) is 5.32 Å². The van der Waals surface area contributed by atoms with Gasteiger partial charge < -0.3 is 10.1 Å². The summed E-state index contributed by atoms with van der Waals surface area (Å²) in [6.07, 6.45) is 9.82. The van der Waals surface area contributed by atoms with E-state index < -0.39 is 0 Å². The fourth-order valence-electron chi connectivity index (χ4n) is 3.33. The Morgan fingerprint density at radius 2 is 2.07 bits per heavy atom. The molecule has 0 aliphatic heterocycles. The Hall–Kier alpha value is -0.0800. The SMILES string of the molecule is COCCCCCNC1CC2CCC1C2. The molecule has 0 saturated heterocycles. The van der Waals surface area contributed by atoms with Crippen LogP contribution in [0.4, 0.5) is 0 Å². The van der Waals surface area contributed by atoms with Gasteiger partial charge in [0, 0.05) is 19.8 Å². The molecule has 0 amide bonds. The maximum atomic E-state index is 5.04. The van der Waals surface area contributed by atoms with Crippen LogP contribution in [-0.4, -0.2) is 26.3 Å². The second-order valence-corrected chi connectivity index (χ2v) is 5.29. The zero-order chi connectivity index (χ0) is 10.5. The molecule has 2 nitrogen and oxygen atoms in total. The Morgan fingerprint density at radius 3 is 2.73 bits per heavy atom. The molecular weight excluding hydrogens is 186 g/mol. The molecule has 3 atom stereocenters. The summed E-state index contributed by atoms with van der Waals surface area (Å²) in [5.41, 5.74) is 0. The van der Waals surface area contributed by atoms with Crippen molar-refractivity contribution in [3.63, 3.8) is 0 Å². The van der Waals surface area contributed by atoms with Crippen molar-refractivity contribution in [2.45, 2.75) is 51.0 Å². The van der Waals surface area contributed by atoms with Crippen LogP contribution in [0.3, 0.4) is 0 Å². The van der Waals surface area contributed by atoms with Crippen LogP contribution in [-0.2, 0) is 4.74 Å². The second-order valence-electron chi connectivity index (χ2n) is 5.29. The zero-order valence-electron chi connectivity index (χ0n) is 10.0. The van der Waals surface area contributed by atoms with Crippen LogP contribution in [0.1, 0.15) is 44.9 Å². The topological polar surface area (TPSA) is 21.3 Å². The molecule has 2 fully saturated rings. The average Bonchev–Trinajstić information content (AvgIpc) is 2.85. The van der Waals surface area contributed by atoms with Gasteiger partial charge in [-0.05, 0) is 56.9 Å². The molecule has 15 heavy (non-hydrogen) atoms. The third-order valence-electron chi connectivity index (χ3n) is 4.17. The van der Waals surface area contributed by atoms with Crippen molar-refractivity contribution < 1.29 is 4.74 Å². The van der Waals surface area contributed by atoms with Gasteiger partial charge in [0.2, 0.25) is 0 Å². The molecule has 0 radical (unpaired) electrons. The summed E-state index contributed by atoms with van der Waals surface area (Å²) in [4.78, 5) is 0. The van der Waals surface area contributed by atoms with Crippen LogP contribution in [0.15, 0.2) is 0 Å². The van der Waals surface area contributed by atoms with Gasteiger partial charge in [-0.25, -0.2) is 0 Å². The van der Waals surface area contributed by atoms with E-state index in [0.29, 0.717) is 0 Å². The molecule has 0 spiro atoms. The molecule has 2 aliphatic rings. The van der Waals surface area contributed by atoms with E-state index in [4.69, 9.17) is 4.74 Å². The standard InChI is InChI=1S/C13H25NO/c1-15-8-4-2-3-7-14-13-10-11-5-6-12(13)9-11/h11-14H,2-10H2,1H3. The van der Waals surface area contributed by atoms with E-state index in [2.05, 4.69) is 5.32 Å². The largest absolute Gasteiger partial charge is 0.385 e. The number of ether oxygens (including phenoxy) is 1. The first kappa shape index (κ1) is 11.4. The van der Waals surface area contributed by atoms with Crippen molar-refractivity contribution in [3.8, 4) is 0 Å². The first-order valence-corrected chi connectivity index (χ1v) is 6.62. The van der Waals surface area contributed by atoms with Gasteiger partial charge in [0.05, 0.1) is 0 Å². The third kappa shape index (κ3) is 3.18. The fourth-order valence-corrected chi connectivity index (χ4v) is 3.33. The molecule has 0 heterocycles. The first-order chi connectivity index (χ1) is 7.40. The van der Waals surface area contributed by atoms with Gasteiger partial charge in [-0.1, -0.05) is 6.42 Å². The number of rotatable bonds is 7. The summed E-state index contributed by atoms with van der Waals surface area (Å²) < 4.78 is 5.04. The Bertz CT molecular complexity index is 183. The fraction of sp³-hybridized carbons (Fsp3) is 1.00. The molecule has 1 N–H and O–H groups in total. The normalized spacial score (nSPS) is 33.8. The van der Waals surface area contributed by atoms with Gasteiger partial charge in [-0.2, -0.15) is 0 Å². The van der Waals surface area contributed by atoms with Gasteiger partial charge in [-0.15, -0.1) is 0 Å². The van der Waals surface area contributed by atoms with Gasteiger partial charge in [0.1, 0.15) is 0 Å². The number of methoxy groups -OCH3 is 1. The maximum absolute atomic E-state index is 5.04. The van der Waals surface area contributed by atoms with E-state index in [1.807, 2.05) is 0 Å². The highest BCUT2D eigenvalue weighted by molar-refractivity contribution is 4.93. The molecule has 2 aliphatic carbocycles. The lowest BCUT2D eigenvalue weighted by atomic mass is 9.95. The molecule has 0 aromatic heterocycles. The summed E-state index contributed by atoms with van der Waals surface area (Å²) in [5.74, 6) is 2.09. The van der Waals surface area contributed by atoms with Gasteiger partial charge >= 0.3 is 0 Å². The third-order valence-corrected chi connectivity index (χ3v) is 4.17. The minimum absolute atomic E-state index is 0.867. The lowest BCUT2D eigenvalue weighted by molar-refractivity contribution is 0.192. The molecule has 0 aromatic carbocycles. The van der Waals surface area contributed by atoms with Crippen LogP contribution in [0.2, 0.25) is 0 Å². The maximum Gasteiger partial charge on any atom is 0.0462 e. The lowest BCUT2D eigenvalue weighted by Gasteiger charge is -2.22. The highest BCUT2D eigenvalue weighted by atomic mass is 16.5. The van der Waals surface area contributed by atoms with Crippen LogP contribution in [0, 0.1) is 11.8 Å². The van der Waals surface area contributed by atoms with E-state index in [1.54, 1.807) is 7.11 Å². The van der Waals surface area contributed by atoms with Crippen molar-refractivity contribution in [2.24, 2.45) is 11.8 Å². The molecule has 2 bridgehead atoms. The van der Waals surface area contributed by atoms with Crippen molar-refractivity contribution in [3.05, 3.63) is 0 Å². The minimum atomic E-state index is 0.867. The number of fused-ring (bicyclic) bond motifs is 2. The quantitative estimate of drug-likeness (QED) is 0.654. The Morgan fingerprint density at radius 1 is 1.13 bits per heavy atom. The van der Waals surface area contributed by atoms with Crippen molar-refractivity contribution in [2.75, 3.05) is 20.3 Å². The van der Waals surface area contributed by atoms with Crippen molar-refractivity contribution >= 4 is 0 Å². The van der Waals surface area contributed by atoms with Crippen LogP contribution in [0.25, 0.3) is 0 Å². The predicted octanol–water partition coefficient (Wildman–Crippen LogP) is 2.58. The molecular formula is C13H25NO. The molecule has 88 valence electrons. The van der Waals surface area contributed by atoms with E-state index in [0.717, 1.165) is 24.5 Å². The Kier molecular flexibility index (Phi) is 4.45. The number of nitrogens with one attached hydrogen (secondary N) is 1. The second kappa shape index (κ2) is 5.86. The Balaban J connectivity index is 1.48. The monoisotopic (exact) mass is 211 g/mol. The molecule has 2 rings (SSSR count). The van der Waals surface area contributed by atoms with E-state index in [9.17, 15) is 0 Å². The van der Waals surface area contributed by atoms with Gasteiger partial charge in [0.15, 0.2) is 0 Å². The van der Waals surface area contributed by atoms with E-state index in [1.165, 1.54) is 51.5 Å². The summed E-state index contributed by atoms with van der Waals surface area (Å²) in [6, 6.07) is 0.867. The highest BCUT2D eigenvalue weighted by Crippen LogP contribution is 2.44. The predicted molar refractivity (Wildman–Crippen MR) is 63.0 cm³/mol. The summed E-state index contributed by atoms with van der Waals surface area (Å²) in [6.45, 7) is 2.14. The van der Waals surface area contributed by atoms with Crippen LogP contribution in [0.5, 0.6) is 0 Å². The summed E-state index contributed by atoms with van der Waals surface area (Å²) >= 11 is 0. The van der Waals surface area contributed by atoms with Gasteiger partial charge in [-0.3, -0.25) is 0 Å². The molecule has 2 heteroatoms. The van der Waals surface area contributed by atoms with Gasteiger partial charge in [0.25, 0.3) is 0 Å². The van der Waals surface area contributed by atoms with Crippen molar-refractivity contribution in [1.29, 1.82) is 0 Å². The van der Waals surface area contributed by atoms with Crippen LogP contribution < -0.4 is 5.32 Å². The molecule has 0 aromatic rings. The Labute approximate surface area is 93.8 Å². The highest BCUT2D eigenvalue weighted by Gasteiger charge is 2.38. The lowest BCUT2D eigenvalue weighted by Crippen LogP contribution is -2.34. The summed E-state index contributed by atoms with van der Waals surface area (Å²) in [5, 5.41) is 3.75. The van der Waals surface area contributed by atoms with E-state index >= 15 is 0 Å². The molecule has 2 saturated carbocycles. The van der Waals surface area contributed by atoms with Crippen LogP contribution >= 0.6 is 0 Å². The number of unbranched alkanes of at least 4 members (excludes halogenated alkanes) is 2. The first-order valence-electron chi connectivity index (χ1n) is 6.62. The zero-order valence-corrected chi connectivity index (χ0v) is 10.0. The van der Waals surface area contributed by atoms with E-state index in [-0.39, 0.29) is 0 Å². The smallest absolute Gasteiger partial charge is 0.0462 e. The molecule has 3 unspecified atom stereocenters. The number of hydrogen-bond donors (Lipinski definition) is 1.